The lowest BCUT2D eigenvalue weighted by Crippen LogP contribution is -2.50. The van der Waals surface area contributed by atoms with Crippen LogP contribution in [0.15, 0.2) is 54.6 Å². The molecule has 4 rings (SSSR count). The second-order valence-corrected chi connectivity index (χ2v) is 10.3. The van der Waals surface area contributed by atoms with Crippen molar-refractivity contribution in [1.82, 2.24) is 14.7 Å². The third-order valence-electron chi connectivity index (χ3n) is 7.81. The first-order valence-corrected chi connectivity index (χ1v) is 13.5. The summed E-state index contributed by atoms with van der Waals surface area (Å²) in [5.41, 5.74) is 3.30. The molecule has 0 radical (unpaired) electrons. The Bertz CT molecular complexity index is 943. The molecule has 2 aliphatic rings. The minimum atomic E-state index is 0.127. The van der Waals surface area contributed by atoms with Crippen molar-refractivity contribution in [3.63, 3.8) is 0 Å². The van der Waals surface area contributed by atoms with Gasteiger partial charge in [-0.25, -0.2) is 0 Å². The predicted octanol–water partition coefficient (Wildman–Crippen LogP) is 5.00. The number of amides is 2. The molecule has 2 aromatic carbocycles. The van der Waals surface area contributed by atoms with Crippen LogP contribution in [0.25, 0.3) is 0 Å². The zero-order chi connectivity index (χ0) is 24.6. The van der Waals surface area contributed by atoms with E-state index < -0.39 is 0 Å². The van der Waals surface area contributed by atoms with Gasteiger partial charge in [-0.1, -0.05) is 55.8 Å². The first kappa shape index (κ1) is 25.4. The van der Waals surface area contributed by atoms with Crippen LogP contribution in [0.3, 0.4) is 0 Å². The molecule has 0 N–H and O–H groups in total. The summed E-state index contributed by atoms with van der Waals surface area (Å²) in [7, 11) is 1.92. The van der Waals surface area contributed by atoms with Crippen molar-refractivity contribution >= 4 is 11.8 Å². The molecular formula is C30H41N3O2. The van der Waals surface area contributed by atoms with Gasteiger partial charge in [0.2, 0.25) is 5.91 Å². The van der Waals surface area contributed by atoms with Crippen molar-refractivity contribution < 1.29 is 9.59 Å². The molecule has 2 aromatic rings. The molecule has 0 spiro atoms. The number of likely N-dealkylation sites (tertiary alicyclic amines) is 2. The van der Waals surface area contributed by atoms with Gasteiger partial charge in [0.25, 0.3) is 5.91 Å². The second-order valence-electron chi connectivity index (χ2n) is 10.3. The lowest BCUT2D eigenvalue weighted by atomic mass is 9.92. The molecule has 2 fully saturated rings. The third-order valence-corrected chi connectivity index (χ3v) is 7.81. The highest BCUT2D eigenvalue weighted by atomic mass is 16.2. The molecule has 0 aliphatic carbocycles. The van der Waals surface area contributed by atoms with E-state index in [1.807, 2.05) is 47.2 Å². The van der Waals surface area contributed by atoms with Crippen LogP contribution < -0.4 is 0 Å². The van der Waals surface area contributed by atoms with Crippen molar-refractivity contribution in [2.24, 2.45) is 5.92 Å². The van der Waals surface area contributed by atoms with E-state index >= 15 is 0 Å². The van der Waals surface area contributed by atoms with Gasteiger partial charge in [0.05, 0.1) is 0 Å². The van der Waals surface area contributed by atoms with E-state index in [-0.39, 0.29) is 17.7 Å². The smallest absolute Gasteiger partial charge is 0.253 e. The Morgan fingerprint density at radius 3 is 2.14 bits per heavy atom. The van der Waals surface area contributed by atoms with Crippen molar-refractivity contribution in [2.75, 3.05) is 33.2 Å². The molecule has 2 heterocycles. The molecule has 0 aromatic heterocycles. The number of hydrogen-bond donors (Lipinski definition) is 0. The number of benzene rings is 2. The van der Waals surface area contributed by atoms with Gasteiger partial charge in [-0.15, -0.1) is 0 Å². The highest BCUT2D eigenvalue weighted by Crippen LogP contribution is 2.26. The van der Waals surface area contributed by atoms with E-state index in [0.717, 1.165) is 63.8 Å². The van der Waals surface area contributed by atoms with Crippen molar-refractivity contribution in [2.45, 2.75) is 64.5 Å². The van der Waals surface area contributed by atoms with Gasteiger partial charge >= 0.3 is 0 Å². The van der Waals surface area contributed by atoms with Gasteiger partial charge in [-0.2, -0.15) is 0 Å². The van der Waals surface area contributed by atoms with Gasteiger partial charge in [0.1, 0.15) is 0 Å². The highest BCUT2D eigenvalue weighted by Gasteiger charge is 2.32. The maximum Gasteiger partial charge on any atom is 0.253 e. The normalized spacial score (nSPS) is 17.9. The maximum absolute atomic E-state index is 13.0. The fraction of sp³-hybridized carbons (Fsp3) is 0.533. The molecule has 0 saturated carbocycles. The zero-order valence-electron chi connectivity index (χ0n) is 21.5. The molecule has 0 bridgehead atoms. The van der Waals surface area contributed by atoms with Crippen LogP contribution in [0, 0.1) is 5.92 Å². The van der Waals surface area contributed by atoms with E-state index in [1.165, 1.54) is 24.0 Å². The Hall–Kier alpha value is -2.66. The van der Waals surface area contributed by atoms with Crippen LogP contribution in [0.1, 0.15) is 66.9 Å². The van der Waals surface area contributed by atoms with E-state index in [4.69, 9.17) is 0 Å². The standard InChI is InChI=1S/C30H41N3O2/c1-3-4-8-24-11-13-26(14-12-24)30(35)33-21-17-28(18-22-33)32-19-15-27(16-20-32)29(34)31(2)23-25-9-6-5-7-10-25/h5-7,9-14,27-28H,3-4,8,15-23H2,1-2H3. The SMILES string of the molecule is CCCCc1ccc(C(=O)N2CCC(N3CCC(C(=O)N(C)Cc4ccccc4)CC3)CC2)cc1. The Morgan fingerprint density at radius 2 is 1.51 bits per heavy atom. The van der Waals surface area contributed by atoms with Crippen LogP contribution >= 0.6 is 0 Å². The molecule has 35 heavy (non-hydrogen) atoms. The topological polar surface area (TPSA) is 43.9 Å². The molecule has 5 heteroatoms. The van der Waals surface area contributed by atoms with Crippen LogP contribution in [0.4, 0.5) is 0 Å². The summed E-state index contributed by atoms with van der Waals surface area (Å²) in [6.45, 7) is 6.48. The summed E-state index contributed by atoms with van der Waals surface area (Å²) in [6, 6.07) is 18.9. The van der Waals surface area contributed by atoms with Gasteiger partial charge in [-0.3, -0.25) is 9.59 Å². The first-order chi connectivity index (χ1) is 17.0. The minimum Gasteiger partial charge on any atom is -0.341 e. The maximum atomic E-state index is 13.0. The fourth-order valence-electron chi connectivity index (χ4n) is 5.57. The average Bonchev–Trinajstić information content (AvgIpc) is 2.92. The largest absolute Gasteiger partial charge is 0.341 e. The molecule has 188 valence electrons. The zero-order valence-corrected chi connectivity index (χ0v) is 21.5. The number of piperidine rings is 2. The van der Waals surface area contributed by atoms with Gasteiger partial charge < -0.3 is 14.7 Å². The third kappa shape index (κ3) is 6.72. The summed E-state index contributed by atoms with van der Waals surface area (Å²) < 4.78 is 0. The fourth-order valence-corrected chi connectivity index (χ4v) is 5.57. The number of hydrogen-bond acceptors (Lipinski definition) is 3. The molecule has 0 unspecified atom stereocenters. The monoisotopic (exact) mass is 475 g/mol. The lowest BCUT2D eigenvalue weighted by Gasteiger charge is -2.42. The summed E-state index contributed by atoms with van der Waals surface area (Å²) in [6.07, 6.45) is 7.37. The number of rotatable bonds is 8. The van der Waals surface area contributed by atoms with E-state index in [9.17, 15) is 9.59 Å². The summed E-state index contributed by atoms with van der Waals surface area (Å²) in [5, 5.41) is 0. The van der Waals surface area contributed by atoms with Crippen molar-refractivity contribution in [3.05, 3.63) is 71.3 Å². The van der Waals surface area contributed by atoms with Crippen LogP contribution in [0.5, 0.6) is 0 Å². The number of carbonyl (C=O) groups is 2. The van der Waals surface area contributed by atoms with E-state index in [0.29, 0.717) is 12.6 Å². The Kier molecular flexibility index (Phi) is 8.97. The Labute approximate surface area is 211 Å². The number of nitrogens with zero attached hydrogens (tertiary/aromatic N) is 3. The Morgan fingerprint density at radius 1 is 0.857 bits per heavy atom. The quantitative estimate of drug-likeness (QED) is 0.539. The molecular weight excluding hydrogens is 434 g/mol. The van der Waals surface area contributed by atoms with E-state index in [2.05, 4.69) is 36.1 Å². The minimum absolute atomic E-state index is 0.127. The van der Waals surface area contributed by atoms with Crippen LogP contribution in [-0.4, -0.2) is 65.8 Å². The molecule has 2 aliphatic heterocycles. The van der Waals surface area contributed by atoms with Gasteiger partial charge in [0.15, 0.2) is 0 Å². The number of carbonyl (C=O) groups excluding carboxylic acids is 2. The van der Waals surface area contributed by atoms with Crippen molar-refractivity contribution in [1.29, 1.82) is 0 Å². The predicted molar refractivity (Wildman–Crippen MR) is 141 cm³/mol. The summed E-state index contributed by atoms with van der Waals surface area (Å²) >= 11 is 0. The van der Waals surface area contributed by atoms with Gasteiger partial charge in [0, 0.05) is 44.2 Å². The summed E-state index contributed by atoms with van der Waals surface area (Å²) in [4.78, 5) is 32.4. The van der Waals surface area contributed by atoms with E-state index in [1.54, 1.807) is 0 Å². The molecule has 5 nitrogen and oxygen atoms in total. The summed E-state index contributed by atoms with van der Waals surface area (Å²) in [5.74, 6) is 0.563. The first-order valence-electron chi connectivity index (χ1n) is 13.5. The number of aryl methyl sites for hydroxylation is 1. The number of unbranched alkanes of at least 4 members (excludes halogenated alkanes) is 1. The van der Waals surface area contributed by atoms with Crippen LogP contribution in [-0.2, 0) is 17.8 Å². The highest BCUT2D eigenvalue weighted by molar-refractivity contribution is 5.94. The lowest BCUT2D eigenvalue weighted by molar-refractivity contribution is -0.136. The van der Waals surface area contributed by atoms with Gasteiger partial charge in [-0.05, 0) is 74.9 Å². The molecule has 2 saturated heterocycles. The van der Waals surface area contributed by atoms with Crippen LogP contribution in [0.2, 0.25) is 0 Å². The Balaban J connectivity index is 1.20. The molecule has 0 atom stereocenters. The second kappa shape index (κ2) is 12.3. The van der Waals surface area contributed by atoms with Crippen molar-refractivity contribution in [3.8, 4) is 0 Å². The average molecular weight is 476 g/mol. The molecule has 2 amide bonds.